The van der Waals surface area contributed by atoms with Gasteiger partial charge < -0.3 is 9.84 Å². The average Bonchev–Trinajstić information content (AvgIpc) is 2.88. The molecule has 0 fully saturated rings. The lowest BCUT2D eigenvalue weighted by molar-refractivity contribution is 0.0697. The lowest BCUT2D eigenvalue weighted by Crippen LogP contribution is -1.99. The fourth-order valence-electron chi connectivity index (χ4n) is 4.46. The number of aromatic carboxylic acids is 1. The van der Waals surface area contributed by atoms with Crippen molar-refractivity contribution in [2.24, 2.45) is 0 Å². The van der Waals surface area contributed by atoms with Crippen LogP contribution in [0.15, 0.2) is 60.7 Å². The molecule has 3 aromatic rings. The van der Waals surface area contributed by atoms with Gasteiger partial charge in [-0.2, -0.15) is 0 Å². The molecule has 0 aliphatic rings. The van der Waals surface area contributed by atoms with E-state index in [-0.39, 0.29) is 11.4 Å². The molecule has 1 N–H and O–H groups in total. The molecule has 3 nitrogen and oxygen atoms in total. The summed E-state index contributed by atoms with van der Waals surface area (Å²) in [6.07, 6.45) is 11.4. The summed E-state index contributed by atoms with van der Waals surface area (Å²) in [5, 5.41) is 9.25. The highest BCUT2D eigenvalue weighted by Crippen LogP contribution is 2.37. The quantitative estimate of drug-likeness (QED) is 0.216. The molecule has 36 heavy (non-hydrogen) atoms. The largest absolute Gasteiger partial charge is 0.494 e. The molecular weight excluding hydrogens is 451 g/mol. The van der Waals surface area contributed by atoms with Crippen molar-refractivity contribution in [1.29, 1.82) is 0 Å². The Morgan fingerprint density at radius 1 is 0.750 bits per heavy atom. The molecule has 3 rings (SSSR count). The second-order valence-corrected chi connectivity index (χ2v) is 9.48. The lowest BCUT2D eigenvalue weighted by Gasteiger charge is -2.15. The first-order chi connectivity index (χ1) is 17.5. The molecule has 0 radical (unpaired) electrons. The summed E-state index contributed by atoms with van der Waals surface area (Å²) in [4.78, 5) is 11.3. The summed E-state index contributed by atoms with van der Waals surface area (Å²) in [6, 6.07) is 18.0. The Kier molecular flexibility index (Phi) is 11.0. The predicted octanol–water partition coefficient (Wildman–Crippen LogP) is 9.33. The molecule has 0 aromatic heterocycles. The van der Waals surface area contributed by atoms with Crippen LogP contribution >= 0.6 is 0 Å². The van der Waals surface area contributed by atoms with E-state index in [1.807, 2.05) is 30.3 Å². The van der Waals surface area contributed by atoms with E-state index in [2.05, 4.69) is 13.8 Å². The maximum atomic E-state index is 15.4. The van der Waals surface area contributed by atoms with Gasteiger partial charge in [0.2, 0.25) is 0 Å². The van der Waals surface area contributed by atoms with E-state index in [1.165, 1.54) is 25.7 Å². The van der Waals surface area contributed by atoms with Crippen molar-refractivity contribution in [1.82, 2.24) is 0 Å². The first-order valence-corrected chi connectivity index (χ1v) is 13.4. The molecule has 4 heteroatoms. The third-order valence-corrected chi connectivity index (χ3v) is 6.59. The number of ether oxygens (including phenoxy) is 1. The maximum Gasteiger partial charge on any atom is 0.335 e. The van der Waals surface area contributed by atoms with Gasteiger partial charge in [-0.15, -0.1) is 0 Å². The number of carbonyl (C=O) groups is 1. The highest BCUT2D eigenvalue weighted by atomic mass is 19.1. The van der Waals surface area contributed by atoms with E-state index in [9.17, 15) is 9.90 Å². The first-order valence-electron chi connectivity index (χ1n) is 13.4. The number of hydrogen-bond acceptors (Lipinski definition) is 2. The third-order valence-electron chi connectivity index (χ3n) is 6.59. The third kappa shape index (κ3) is 7.94. The molecule has 0 saturated heterocycles. The fourth-order valence-corrected chi connectivity index (χ4v) is 4.46. The topological polar surface area (TPSA) is 46.5 Å². The summed E-state index contributed by atoms with van der Waals surface area (Å²) >= 11 is 0. The van der Waals surface area contributed by atoms with Gasteiger partial charge in [0.1, 0.15) is 11.6 Å². The van der Waals surface area contributed by atoms with E-state index in [4.69, 9.17) is 4.74 Å². The highest BCUT2D eigenvalue weighted by molar-refractivity contribution is 5.90. The predicted molar refractivity (Wildman–Crippen MR) is 146 cm³/mol. The van der Waals surface area contributed by atoms with Crippen LogP contribution in [0, 0.1) is 5.82 Å². The zero-order valence-corrected chi connectivity index (χ0v) is 21.7. The summed E-state index contributed by atoms with van der Waals surface area (Å²) in [5.41, 5.74) is 4.18. The molecule has 0 atom stereocenters. The van der Waals surface area contributed by atoms with Gasteiger partial charge in [-0.25, -0.2) is 9.18 Å². The monoisotopic (exact) mass is 490 g/mol. The van der Waals surface area contributed by atoms with Crippen molar-refractivity contribution < 1.29 is 19.0 Å². The molecule has 0 aliphatic heterocycles. The first kappa shape index (κ1) is 27.4. The molecule has 0 amide bonds. The van der Waals surface area contributed by atoms with Gasteiger partial charge >= 0.3 is 5.97 Å². The Hall–Kier alpha value is -3.14. The SMILES string of the molecule is CCCCCCCCOc1ccc(-c2ccc(C(=O)O)cc2)c(-c2ccc(CCCCC)cc2F)c1. The van der Waals surface area contributed by atoms with Crippen molar-refractivity contribution in [2.75, 3.05) is 6.61 Å². The number of aryl methyl sites for hydroxylation is 1. The highest BCUT2D eigenvalue weighted by Gasteiger charge is 2.15. The zero-order chi connectivity index (χ0) is 25.8. The van der Waals surface area contributed by atoms with Crippen molar-refractivity contribution in [3.8, 4) is 28.0 Å². The Balaban J connectivity index is 1.85. The van der Waals surface area contributed by atoms with E-state index in [0.717, 1.165) is 66.5 Å². The fraction of sp³-hybridized carbons (Fsp3) is 0.406. The van der Waals surface area contributed by atoms with Gasteiger partial charge in [-0.1, -0.05) is 89.1 Å². The Bertz CT molecular complexity index is 1100. The van der Waals surface area contributed by atoms with Gasteiger partial charge in [0.05, 0.1) is 12.2 Å². The van der Waals surface area contributed by atoms with Crippen LogP contribution in [-0.4, -0.2) is 17.7 Å². The number of carboxylic acid groups (broad SMARTS) is 1. The summed E-state index contributed by atoms with van der Waals surface area (Å²) in [7, 11) is 0. The van der Waals surface area contributed by atoms with E-state index in [0.29, 0.717) is 12.2 Å². The van der Waals surface area contributed by atoms with Gasteiger partial charge in [-0.3, -0.25) is 0 Å². The molecule has 0 spiro atoms. The number of hydrogen-bond donors (Lipinski definition) is 1. The van der Waals surface area contributed by atoms with Crippen LogP contribution in [0.2, 0.25) is 0 Å². The molecule has 0 heterocycles. The molecular formula is C32H39FO3. The number of halogens is 1. The van der Waals surface area contributed by atoms with Gasteiger partial charge in [0.25, 0.3) is 0 Å². The van der Waals surface area contributed by atoms with Crippen molar-refractivity contribution >= 4 is 5.97 Å². The number of benzene rings is 3. The second kappa shape index (κ2) is 14.4. The van der Waals surface area contributed by atoms with Crippen LogP contribution in [0.5, 0.6) is 5.75 Å². The number of unbranched alkanes of at least 4 members (excludes halogenated alkanes) is 7. The molecule has 0 bridgehead atoms. The van der Waals surface area contributed by atoms with Gasteiger partial charge in [-0.05, 0) is 71.8 Å². The van der Waals surface area contributed by atoms with Crippen LogP contribution in [-0.2, 0) is 6.42 Å². The number of carboxylic acids is 1. The van der Waals surface area contributed by atoms with Crippen LogP contribution in [0.3, 0.4) is 0 Å². The maximum absolute atomic E-state index is 15.4. The minimum atomic E-state index is -0.968. The smallest absolute Gasteiger partial charge is 0.335 e. The zero-order valence-electron chi connectivity index (χ0n) is 21.7. The lowest BCUT2D eigenvalue weighted by atomic mass is 9.92. The molecule has 0 saturated carbocycles. The summed E-state index contributed by atoms with van der Waals surface area (Å²) in [6.45, 7) is 5.01. The summed E-state index contributed by atoms with van der Waals surface area (Å²) < 4.78 is 21.4. The normalized spacial score (nSPS) is 11.0. The summed E-state index contributed by atoms with van der Waals surface area (Å²) in [5.74, 6) is -0.499. The van der Waals surface area contributed by atoms with E-state index >= 15 is 4.39 Å². The van der Waals surface area contributed by atoms with Crippen LogP contribution < -0.4 is 4.74 Å². The molecule has 192 valence electrons. The van der Waals surface area contributed by atoms with Gasteiger partial charge in [0.15, 0.2) is 0 Å². The molecule has 0 aliphatic carbocycles. The van der Waals surface area contributed by atoms with Crippen molar-refractivity contribution in [3.63, 3.8) is 0 Å². The Morgan fingerprint density at radius 3 is 2.11 bits per heavy atom. The van der Waals surface area contributed by atoms with Crippen LogP contribution in [0.25, 0.3) is 22.3 Å². The minimum absolute atomic E-state index is 0.224. The van der Waals surface area contributed by atoms with Crippen molar-refractivity contribution in [2.45, 2.75) is 78.1 Å². The second-order valence-electron chi connectivity index (χ2n) is 9.48. The standard InChI is InChI=1S/C32H39FO3/c1-3-5-7-8-9-11-21-36-27-18-20-28(25-14-16-26(17-15-25)32(34)35)30(23-27)29-19-13-24(22-31(29)33)12-10-6-4-2/h13-20,22-23H,3-12,21H2,1-2H3,(H,34,35). The van der Waals surface area contributed by atoms with Crippen LogP contribution in [0.1, 0.15) is 87.6 Å². The number of rotatable bonds is 15. The van der Waals surface area contributed by atoms with E-state index in [1.54, 1.807) is 30.3 Å². The van der Waals surface area contributed by atoms with Crippen molar-refractivity contribution in [3.05, 3.63) is 77.6 Å². The minimum Gasteiger partial charge on any atom is -0.494 e. The Morgan fingerprint density at radius 2 is 1.42 bits per heavy atom. The van der Waals surface area contributed by atoms with Crippen LogP contribution in [0.4, 0.5) is 4.39 Å². The Labute approximate surface area is 215 Å². The molecule has 0 unspecified atom stereocenters. The van der Waals surface area contributed by atoms with E-state index < -0.39 is 5.97 Å². The van der Waals surface area contributed by atoms with Gasteiger partial charge in [0, 0.05) is 5.56 Å². The average molecular weight is 491 g/mol. The molecule has 3 aromatic carbocycles.